The van der Waals surface area contributed by atoms with Gasteiger partial charge in [-0.05, 0) is 17.8 Å². The lowest BCUT2D eigenvalue weighted by Gasteiger charge is -2.03. The van der Waals surface area contributed by atoms with Gasteiger partial charge in [-0.25, -0.2) is 19.3 Å². The van der Waals surface area contributed by atoms with Crippen LogP contribution in [0.3, 0.4) is 0 Å². The van der Waals surface area contributed by atoms with Gasteiger partial charge < -0.3 is 11.5 Å². The van der Waals surface area contributed by atoms with E-state index >= 15 is 0 Å². The smallest absolute Gasteiger partial charge is 0.197 e. The van der Waals surface area contributed by atoms with E-state index in [4.69, 9.17) is 23.1 Å². The molecule has 0 amide bonds. The minimum Gasteiger partial charge on any atom is -0.383 e. The molecule has 0 saturated heterocycles. The molecule has 0 bridgehead atoms. The Balaban J connectivity index is 2.31. The summed E-state index contributed by atoms with van der Waals surface area (Å²) in [6, 6.07) is 2.57. The van der Waals surface area contributed by atoms with Crippen molar-refractivity contribution in [2.75, 3.05) is 11.5 Å². The number of nitrogens with zero attached hydrogens (tertiary/aromatic N) is 3. The Bertz CT molecular complexity index is 545. The number of aromatic nitrogens is 3. The van der Waals surface area contributed by atoms with Gasteiger partial charge >= 0.3 is 0 Å². The van der Waals surface area contributed by atoms with Gasteiger partial charge in [-0.3, -0.25) is 0 Å². The van der Waals surface area contributed by atoms with Crippen molar-refractivity contribution in [1.82, 2.24) is 15.0 Å². The van der Waals surface area contributed by atoms with Crippen LogP contribution in [0.15, 0.2) is 28.5 Å². The maximum absolute atomic E-state index is 13.5. The highest BCUT2D eigenvalue weighted by molar-refractivity contribution is 7.99. The molecule has 0 aliphatic carbocycles. The fourth-order valence-electron chi connectivity index (χ4n) is 1.07. The first-order valence-electron chi connectivity index (χ1n) is 4.43. The third kappa shape index (κ3) is 2.95. The van der Waals surface area contributed by atoms with Crippen molar-refractivity contribution in [2.24, 2.45) is 0 Å². The van der Waals surface area contributed by atoms with E-state index in [9.17, 15) is 4.39 Å². The topological polar surface area (TPSA) is 90.7 Å². The molecule has 8 heteroatoms. The molecular formula is C9H7ClFN5S. The maximum atomic E-state index is 13.5. The summed E-state index contributed by atoms with van der Waals surface area (Å²) in [6.07, 6.45) is 1.34. The zero-order chi connectivity index (χ0) is 12.4. The van der Waals surface area contributed by atoms with Gasteiger partial charge in [0.2, 0.25) is 0 Å². The first-order chi connectivity index (χ1) is 8.04. The average Bonchev–Trinajstić information content (AvgIpc) is 2.21. The van der Waals surface area contributed by atoms with E-state index in [1.54, 1.807) is 0 Å². The predicted molar refractivity (Wildman–Crippen MR) is 64.2 cm³/mol. The minimum absolute atomic E-state index is 0.111. The molecule has 2 aromatic heterocycles. The van der Waals surface area contributed by atoms with Gasteiger partial charge in [0.25, 0.3) is 0 Å². The molecule has 0 spiro atoms. The molecule has 88 valence electrons. The van der Waals surface area contributed by atoms with Gasteiger partial charge in [0.15, 0.2) is 11.0 Å². The van der Waals surface area contributed by atoms with Crippen molar-refractivity contribution in [3.05, 3.63) is 29.2 Å². The van der Waals surface area contributed by atoms with Crippen LogP contribution in [-0.4, -0.2) is 15.0 Å². The van der Waals surface area contributed by atoms with E-state index in [1.807, 2.05) is 0 Å². The van der Waals surface area contributed by atoms with Crippen molar-refractivity contribution in [3.8, 4) is 0 Å². The highest BCUT2D eigenvalue weighted by atomic mass is 35.5. The molecule has 4 N–H and O–H groups in total. The number of anilines is 2. The Hall–Kier alpha value is -1.60. The fraction of sp³-hybridized carbons (Fsp3) is 0. The van der Waals surface area contributed by atoms with Crippen LogP contribution in [0.1, 0.15) is 0 Å². The van der Waals surface area contributed by atoms with Crippen molar-refractivity contribution < 1.29 is 4.39 Å². The third-order valence-electron chi connectivity index (χ3n) is 1.71. The average molecular weight is 272 g/mol. The second-order valence-electron chi connectivity index (χ2n) is 3.04. The molecule has 17 heavy (non-hydrogen) atoms. The highest BCUT2D eigenvalue weighted by Gasteiger charge is 2.09. The first kappa shape index (κ1) is 11.9. The van der Waals surface area contributed by atoms with Gasteiger partial charge in [0.1, 0.15) is 16.7 Å². The van der Waals surface area contributed by atoms with E-state index < -0.39 is 5.82 Å². The number of hydrogen-bond acceptors (Lipinski definition) is 6. The molecule has 0 fully saturated rings. The van der Waals surface area contributed by atoms with Crippen LogP contribution in [0, 0.1) is 5.82 Å². The standard InChI is InChI=1S/C9H7ClFN5S/c10-4-1-5(11)8(14-3-4)17-9-15-6(12)2-7(13)16-9/h1-3H,(H4,12,13,15,16). The molecule has 0 atom stereocenters. The summed E-state index contributed by atoms with van der Waals surface area (Å²) in [7, 11) is 0. The van der Waals surface area contributed by atoms with Crippen LogP contribution in [0.4, 0.5) is 16.0 Å². The van der Waals surface area contributed by atoms with Gasteiger partial charge in [-0.1, -0.05) is 11.6 Å². The molecule has 2 heterocycles. The van der Waals surface area contributed by atoms with Crippen molar-refractivity contribution in [1.29, 1.82) is 0 Å². The molecule has 0 aliphatic heterocycles. The molecule has 0 aromatic carbocycles. The Morgan fingerprint density at radius 3 is 2.41 bits per heavy atom. The SMILES string of the molecule is Nc1cc(N)nc(Sc2ncc(Cl)cc2F)n1. The van der Waals surface area contributed by atoms with E-state index in [0.29, 0.717) is 0 Å². The van der Waals surface area contributed by atoms with Crippen LogP contribution in [-0.2, 0) is 0 Å². The van der Waals surface area contributed by atoms with E-state index in [2.05, 4.69) is 15.0 Å². The molecule has 2 aromatic rings. The lowest BCUT2D eigenvalue weighted by Crippen LogP contribution is -1.99. The Morgan fingerprint density at radius 1 is 1.18 bits per heavy atom. The largest absolute Gasteiger partial charge is 0.383 e. The lowest BCUT2D eigenvalue weighted by molar-refractivity contribution is 0.587. The van der Waals surface area contributed by atoms with Gasteiger partial charge in [-0.2, -0.15) is 0 Å². The summed E-state index contributed by atoms with van der Waals surface area (Å²) in [5.41, 5.74) is 11.0. The van der Waals surface area contributed by atoms with Crippen LogP contribution >= 0.6 is 23.4 Å². The second kappa shape index (κ2) is 4.72. The number of nitrogen functional groups attached to an aromatic ring is 2. The number of halogens is 2. The van der Waals surface area contributed by atoms with Crippen LogP contribution in [0.5, 0.6) is 0 Å². The maximum Gasteiger partial charge on any atom is 0.197 e. The fourth-order valence-corrected chi connectivity index (χ4v) is 1.95. The quantitative estimate of drug-likeness (QED) is 0.812. The number of nitrogens with two attached hydrogens (primary N) is 2. The number of hydrogen-bond donors (Lipinski definition) is 2. The lowest BCUT2D eigenvalue weighted by atomic mass is 10.5. The molecule has 0 unspecified atom stereocenters. The molecular weight excluding hydrogens is 265 g/mol. The monoisotopic (exact) mass is 271 g/mol. The van der Waals surface area contributed by atoms with Gasteiger partial charge in [0.05, 0.1) is 5.02 Å². The number of pyridine rings is 1. The van der Waals surface area contributed by atoms with Gasteiger partial charge in [0, 0.05) is 12.3 Å². The van der Waals surface area contributed by atoms with E-state index in [-0.39, 0.29) is 26.8 Å². The van der Waals surface area contributed by atoms with Gasteiger partial charge in [-0.15, -0.1) is 0 Å². The normalized spacial score (nSPS) is 10.5. The van der Waals surface area contributed by atoms with E-state index in [1.165, 1.54) is 12.3 Å². The summed E-state index contributed by atoms with van der Waals surface area (Å²) in [4.78, 5) is 11.6. The number of rotatable bonds is 2. The minimum atomic E-state index is -0.549. The highest BCUT2D eigenvalue weighted by Crippen LogP contribution is 2.27. The van der Waals surface area contributed by atoms with Crippen LogP contribution in [0.2, 0.25) is 5.02 Å². The van der Waals surface area contributed by atoms with E-state index in [0.717, 1.165) is 17.8 Å². The summed E-state index contributed by atoms with van der Waals surface area (Å²) >= 11 is 6.51. The summed E-state index contributed by atoms with van der Waals surface area (Å²) < 4.78 is 13.5. The molecule has 5 nitrogen and oxygen atoms in total. The van der Waals surface area contributed by atoms with Crippen molar-refractivity contribution in [2.45, 2.75) is 10.2 Å². The Kier molecular flexibility index (Phi) is 3.30. The molecule has 2 rings (SSSR count). The molecule has 0 aliphatic rings. The summed E-state index contributed by atoms with van der Waals surface area (Å²) in [5.74, 6) is -0.115. The summed E-state index contributed by atoms with van der Waals surface area (Å²) in [6.45, 7) is 0. The van der Waals surface area contributed by atoms with Crippen molar-refractivity contribution in [3.63, 3.8) is 0 Å². The van der Waals surface area contributed by atoms with Crippen molar-refractivity contribution >= 4 is 35.0 Å². The second-order valence-corrected chi connectivity index (χ2v) is 4.44. The predicted octanol–water partition coefficient (Wildman–Crippen LogP) is 1.98. The first-order valence-corrected chi connectivity index (χ1v) is 5.63. The molecule has 0 saturated carbocycles. The Morgan fingerprint density at radius 2 is 1.82 bits per heavy atom. The Labute approximate surface area is 105 Å². The van der Waals surface area contributed by atoms with Crippen LogP contribution < -0.4 is 11.5 Å². The summed E-state index contributed by atoms with van der Waals surface area (Å²) in [5, 5.41) is 0.565. The molecule has 0 radical (unpaired) electrons. The zero-order valence-corrected chi connectivity index (χ0v) is 9.96. The third-order valence-corrected chi connectivity index (χ3v) is 2.77. The van der Waals surface area contributed by atoms with Crippen LogP contribution in [0.25, 0.3) is 0 Å². The zero-order valence-electron chi connectivity index (χ0n) is 8.39.